The summed E-state index contributed by atoms with van der Waals surface area (Å²) in [5.74, 6) is -0.121. The second-order valence-corrected chi connectivity index (χ2v) is 7.44. The van der Waals surface area contributed by atoms with Crippen molar-refractivity contribution in [2.45, 2.75) is 11.8 Å². The first-order valence-electron chi connectivity index (χ1n) is 8.09. The monoisotopic (exact) mass is 396 g/mol. The Bertz CT molecular complexity index is 900. The number of halogens is 1. The van der Waals surface area contributed by atoms with E-state index in [-0.39, 0.29) is 18.0 Å². The van der Waals surface area contributed by atoms with Gasteiger partial charge in [0.15, 0.2) is 11.5 Å². The Hall–Kier alpha value is -2.65. The van der Waals surface area contributed by atoms with E-state index in [4.69, 9.17) is 9.47 Å². The molecule has 0 saturated carbocycles. The van der Waals surface area contributed by atoms with E-state index >= 15 is 0 Å². The molecule has 0 aliphatic carbocycles. The lowest BCUT2D eigenvalue weighted by Crippen LogP contribution is -2.37. The highest BCUT2D eigenvalue weighted by Gasteiger charge is 2.25. The van der Waals surface area contributed by atoms with Gasteiger partial charge < -0.3 is 14.8 Å². The van der Waals surface area contributed by atoms with Gasteiger partial charge in [-0.25, -0.2) is 12.8 Å². The van der Waals surface area contributed by atoms with Gasteiger partial charge in [-0.3, -0.25) is 4.79 Å². The van der Waals surface area contributed by atoms with Gasteiger partial charge in [-0.15, -0.1) is 0 Å². The summed E-state index contributed by atoms with van der Waals surface area (Å²) in [7, 11) is -0.952. The summed E-state index contributed by atoms with van der Waals surface area (Å²) in [5.41, 5.74) is 0.438. The lowest BCUT2D eigenvalue weighted by atomic mass is 10.2. The van der Waals surface area contributed by atoms with Crippen molar-refractivity contribution in [1.29, 1.82) is 0 Å². The van der Waals surface area contributed by atoms with Crippen molar-refractivity contribution in [2.75, 3.05) is 32.6 Å². The molecule has 2 aromatic carbocycles. The van der Waals surface area contributed by atoms with E-state index in [0.29, 0.717) is 17.2 Å². The minimum absolute atomic E-state index is 0.0790. The number of benzene rings is 2. The number of carbonyl (C=O) groups is 1. The van der Waals surface area contributed by atoms with E-state index in [0.717, 1.165) is 16.4 Å². The third-order valence-corrected chi connectivity index (χ3v) is 5.73. The number of carbonyl (C=O) groups excluding carboxylic acids is 1. The van der Waals surface area contributed by atoms with E-state index in [1.165, 1.54) is 26.4 Å². The normalized spacial score (nSPS) is 11.3. The van der Waals surface area contributed by atoms with E-state index in [1.54, 1.807) is 25.1 Å². The molecule has 0 heterocycles. The molecule has 0 bridgehead atoms. The molecule has 0 aliphatic rings. The van der Waals surface area contributed by atoms with Crippen molar-refractivity contribution in [3.8, 4) is 11.5 Å². The smallest absolute Gasteiger partial charge is 0.243 e. The molecular formula is C18H21FN2O5S. The molecule has 27 heavy (non-hydrogen) atoms. The maximum atomic E-state index is 13.0. The largest absolute Gasteiger partial charge is 0.493 e. The summed E-state index contributed by atoms with van der Waals surface area (Å²) in [6.45, 7) is 1.31. The summed E-state index contributed by atoms with van der Waals surface area (Å²) in [4.78, 5) is 12.2. The first kappa shape index (κ1) is 20.7. The second-order valence-electron chi connectivity index (χ2n) is 5.50. The summed E-state index contributed by atoms with van der Waals surface area (Å²) in [5, 5.41) is 2.62. The number of hydrogen-bond acceptors (Lipinski definition) is 5. The highest BCUT2D eigenvalue weighted by Crippen LogP contribution is 2.29. The Labute approximate surface area is 157 Å². The molecule has 1 amide bonds. The van der Waals surface area contributed by atoms with Crippen LogP contribution in [0.25, 0.3) is 0 Å². The molecule has 0 fully saturated rings. The van der Waals surface area contributed by atoms with Crippen LogP contribution in [0.2, 0.25) is 0 Å². The van der Waals surface area contributed by atoms with Crippen LogP contribution in [0.3, 0.4) is 0 Å². The highest BCUT2D eigenvalue weighted by atomic mass is 32.2. The molecule has 2 rings (SSSR count). The van der Waals surface area contributed by atoms with Crippen LogP contribution in [0.4, 0.5) is 10.1 Å². The number of methoxy groups -OCH3 is 2. The molecule has 2 aromatic rings. The van der Waals surface area contributed by atoms with Gasteiger partial charge in [-0.05, 0) is 36.4 Å². The topological polar surface area (TPSA) is 84.9 Å². The Morgan fingerprint density at radius 3 is 2.26 bits per heavy atom. The van der Waals surface area contributed by atoms with E-state index in [9.17, 15) is 17.6 Å². The summed E-state index contributed by atoms with van der Waals surface area (Å²) >= 11 is 0. The Morgan fingerprint density at radius 1 is 1.07 bits per heavy atom. The molecule has 0 unspecified atom stereocenters. The Morgan fingerprint density at radius 2 is 1.70 bits per heavy atom. The van der Waals surface area contributed by atoms with Gasteiger partial charge in [-0.2, -0.15) is 4.31 Å². The zero-order valence-electron chi connectivity index (χ0n) is 15.2. The number of likely N-dealkylation sites (N-methyl/N-ethyl adjacent to an activating group) is 1. The van der Waals surface area contributed by atoms with Crippen LogP contribution in [0.1, 0.15) is 6.92 Å². The quantitative estimate of drug-likeness (QED) is 0.741. The van der Waals surface area contributed by atoms with Gasteiger partial charge in [0, 0.05) is 18.3 Å². The molecular weight excluding hydrogens is 375 g/mol. The molecule has 1 N–H and O–H groups in total. The first-order valence-corrected chi connectivity index (χ1v) is 9.53. The number of sulfonamides is 1. The average molecular weight is 396 g/mol. The van der Waals surface area contributed by atoms with Crippen molar-refractivity contribution in [3.05, 3.63) is 48.3 Å². The van der Waals surface area contributed by atoms with Crippen LogP contribution in [0, 0.1) is 5.82 Å². The molecule has 7 nitrogen and oxygen atoms in total. The van der Waals surface area contributed by atoms with Crippen molar-refractivity contribution in [1.82, 2.24) is 4.31 Å². The van der Waals surface area contributed by atoms with E-state index < -0.39 is 21.7 Å². The van der Waals surface area contributed by atoms with E-state index in [2.05, 4.69) is 5.32 Å². The molecule has 0 saturated heterocycles. The predicted octanol–water partition coefficient (Wildman–Crippen LogP) is 2.49. The standard InChI is InChI=1S/C18H21FN2O5S/c1-4-21(27(23,24)15-8-5-13(19)6-9-15)12-18(22)20-14-7-10-16(25-2)17(11-14)26-3/h5-11H,4,12H2,1-3H3,(H,20,22). The van der Waals surface area contributed by atoms with Crippen molar-refractivity contribution in [2.24, 2.45) is 0 Å². The van der Waals surface area contributed by atoms with Crippen LogP contribution in [-0.2, 0) is 14.8 Å². The second kappa shape index (κ2) is 8.83. The van der Waals surface area contributed by atoms with Crippen molar-refractivity contribution in [3.63, 3.8) is 0 Å². The van der Waals surface area contributed by atoms with Gasteiger partial charge in [-0.1, -0.05) is 6.92 Å². The number of nitrogens with zero attached hydrogens (tertiary/aromatic N) is 1. The van der Waals surface area contributed by atoms with E-state index in [1.807, 2.05) is 0 Å². The van der Waals surface area contributed by atoms with Gasteiger partial charge >= 0.3 is 0 Å². The number of hydrogen-bond donors (Lipinski definition) is 1. The zero-order chi connectivity index (χ0) is 20.0. The fourth-order valence-corrected chi connectivity index (χ4v) is 3.80. The van der Waals surface area contributed by atoms with Gasteiger partial charge in [0.05, 0.1) is 25.7 Å². The molecule has 0 spiro atoms. The van der Waals surface area contributed by atoms with Crippen LogP contribution in [-0.4, -0.2) is 45.9 Å². The lowest BCUT2D eigenvalue weighted by molar-refractivity contribution is -0.116. The van der Waals surface area contributed by atoms with Crippen LogP contribution in [0.5, 0.6) is 11.5 Å². The third kappa shape index (κ3) is 4.95. The summed E-state index contributed by atoms with van der Waals surface area (Å²) < 4.78 is 49.6. The van der Waals surface area contributed by atoms with Crippen LogP contribution in [0.15, 0.2) is 47.4 Å². The number of nitrogens with one attached hydrogen (secondary N) is 1. The number of rotatable bonds is 8. The predicted molar refractivity (Wildman–Crippen MR) is 99.0 cm³/mol. The fraction of sp³-hybridized carbons (Fsp3) is 0.278. The summed E-state index contributed by atoms with van der Waals surface area (Å²) in [6, 6.07) is 9.26. The lowest BCUT2D eigenvalue weighted by Gasteiger charge is -2.20. The number of amides is 1. The molecule has 0 radical (unpaired) electrons. The third-order valence-electron chi connectivity index (χ3n) is 3.79. The molecule has 0 aliphatic heterocycles. The highest BCUT2D eigenvalue weighted by molar-refractivity contribution is 7.89. The molecule has 0 atom stereocenters. The van der Waals surface area contributed by atoms with Crippen LogP contribution < -0.4 is 14.8 Å². The molecule has 146 valence electrons. The maximum Gasteiger partial charge on any atom is 0.243 e. The van der Waals surface area contributed by atoms with Crippen molar-refractivity contribution >= 4 is 21.6 Å². The molecule has 0 aromatic heterocycles. The van der Waals surface area contributed by atoms with Gasteiger partial charge in [0.1, 0.15) is 5.82 Å². The zero-order valence-corrected chi connectivity index (χ0v) is 16.0. The number of anilines is 1. The van der Waals surface area contributed by atoms with Gasteiger partial charge in [0.25, 0.3) is 0 Å². The van der Waals surface area contributed by atoms with Gasteiger partial charge in [0.2, 0.25) is 15.9 Å². The SMILES string of the molecule is CCN(CC(=O)Nc1ccc(OC)c(OC)c1)S(=O)(=O)c1ccc(F)cc1. The Kier molecular flexibility index (Phi) is 6.75. The molecule has 9 heteroatoms. The van der Waals surface area contributed by atoms with Crippen LogP contribution >= 0.6 is 0 Å². The summed E-state index contributed by atoms with van der Waals surface area (Å²) in [6.07, 6.45) is 0. The fourth-order valence-electron chi connectivity index (χ4n) is 2.40. The minimum Gasteiger partial charge on any atom is -0.493 e. The average Bonchev–Trinajstić information content (AvgIpc) is 2.66. The maximum absolute atomic E-state index is 13.0. The first-order chi connectivity index (χ1) is 12.8. The van der Waals surface area contributed by atoms with Crippen molar-refractivity contribution < 1.29 is 27.1 Å². The Balaban J connectivity index is 2.14. The minimum atomic E-state index is -3.92. The number of ether oxygens (including phenoxy) is 2.